The lowest BCUT2D eigenvalue weighted by Crippen LogP contribution is -2.28. The van der Waals surface area contributed by atoms with Crippen molar-refractivity contribution in [3.05, 3.63) is 94.8 Å². The zero-order valence-corrected chi connectivity index (χ0v) is 16.2. The minimum Gasteiger partial charge on any atom is -0.344 e. The SMILES string of the molecule is Cc1ccc(NC(=O)c2cccc(C(=O)NC(C)c3ccccc3)n2)c(C)c1. The van der Waals surface area contributed by atoms with Crippen LogP contribution in [0.5, 0.6) is 0 Å². The molecule has 0 radical (unpaired) electrons. The van der Waals surface area contributed by atoms with Gasteiger partial charge >= 0.3 is 0 Å². The van der Waals surface area contributed by atoms with Gasteiger partial charge in [-0.1, -0.05) is 54.1 Å². The molecule has 1 atom stereocenters. The summed E-state index contributed by atoms with van der Waals surface area (Å²) in [5.41, 5.74) is 4.22. The Labute approximate surface area is 164 Å². The molecule has 0 saturated heterocycles. The number of nitrogens with one attached hydrogen (secondary N) is 2. The van der Waals surface area contributed by atoms with Crippen LogP contribution in [0.1, 0.15) is 50.6 Å². The molecule has 5 heteroatoms. The number of aromatic nitrogens is 1. The number of anilines is 1. The number of rotatable bonds is 5. The lowest BCUT2D eigenvalue weighted by molar-refractivity contribution is 0.0934. The van der Waals surface area contributed by atoms with Gasteiger partial charge in [0.25, 0.3) is 11.8 Å². The highest BCUT2D eigenvalue weighted by Gasteiger charge is 2.15. The molecule has 1 heterocycles. The second kappa shape index (κ2) is 8.48. The van der Waals surface area contributed by atoms with Gasteiger partial charge in [-0.25, -0.2) is 4.98 Å². The van der Waals surface area contributed by atoms with Gasteiger partial charge in [0.2, 0.25) is 0 Å². The number of carbonyl (C=O) groups is 2. The highest BCUT2D eigenvalue weighted by atomic mass is 16.2. The zero-order valence-electron chi connectivity index (χ0n) is 16.2. The Kier molecular flexibility index (Phi) is 5.84. The minimum absolute atomic E-state index is 0.164. The van der Waals surface area contributed by atoms with Gasteiger partial charge in [0.1, 0.15) is 11.4 Å². The van der Waals surface area contributed by atoms with E-state index in [1.54, 1.807) is 18.2 Å². The number of amides is 2. The first-order valence-electron chi connectivity index (χ1n) is 9.15. The number of hydrogen-bond acceptors (Lipinski definition) is 3. The number of hydrogen-bond donors (Lipinski definition) is 2. The van der Waals surface area contributed by atoms with Crippen molar-refractivity contribution in [1.29, 1.82) is 0 Å². The van der Waals surface area contributed by atoms with E-state index in [-0.39, 0.29) is 29.2 Å². The fourth-order valence-electron chi connectivity index (χ4n) is 2.92. The predicted octanol–water partition coefficient (Wildman–Crippen LogP) is 4.44. The Hall–Kier alpha value is -3.47. The first kappa shape index (κ1) is 19.3. The third kappa shape index (κ3) is 4.62. The third-order valence-electron chi connectivity index (χ3n) is 4.49. The summed E-state index contributed by atoms with van der Waals surface area (Å²) >= 11 is 0. The Bertz CT molecular complexity index is 1000. The van der Waals surface area contributed by atoms with Crippen LogP contribution in [-0.4, -0.2) is 16.8 Å². The number of carbonyl (C=O) groups excluding carboxylic acids is 2. The van der Waals surface area contributed by atoms with E-state index < -0.39 is 0 Å². The molecule has 3 aromatic rings. The van der Waals surface area contributed by atoms with Crippen LogP contribution in [0.25, 0.3) is 0 Å². The highest BCUT2D eigenvalue weighted by Crippen LogP contribution is 2.17. The van der Waals surface area contributed by atoms with Gasteiger partial charge in [-0.2, -0.15) is 0 Å². The number of pyridine rings is 1. The van der Waals surface area contributed by atoms with Crippen LogP contribution in [-0.2, 0) is 0 Å². The molecule has 1 unspecified atom stereocenters. The maximum atomic E-state index is 12.6. The average Bonchev–Trinajstić information content (AvgIpc) is 2.70. The first-order chi connectivity index (χ1) is 13.4. The predicted molar refractivity (Wildman–Crippen MR) is 110 cm³/mol. The van der Waals surface area contributed by atoms with Crippen LogP contribution in [0, 0.1) is 13.8 Å². The third-order valence-corrected chi connectivity index (χ3v) is 4.49. The summed E-state index contributed by atoms with van der Waals surface area (Å²) in [6.07, 6.45) is 0. The van der Waals surface area contributed by atoms with Gasteiger partial charge in [-0.15, -0.1) is 0 Å². The van der Waals surface area contributed by atoms with Crippen molar-refractivity contribution in [3.8, 4) is 0 Å². The molecule has 0 bridgehead atoms. The molecule has 0 aliphatic heterocycles. The first-order valence-corrected chi connectivity index (χ1v) is 9.15. The monoisotopic (exact) mass is 373 g/mol. The Morgan fingerprint density at radius 2 is 1.54 bits per heavy atom. The van der Waals surface area contributed by atoms with Crippen LogP contribution >= 0.6 is 0 Å². The molecule has 0 saturated carbocycles. The molecule has 2 amide bonds. The van der Waals surface area contributed by atoms with Crippen molar-refractivity contribution in [3.63, 3.8) is 0 Å². The molecule has 0 spiro atoms. The topological polar surface area (TPSA) is 71.1 Å². The maximum Gasteiger partial charge on any atom is 0.274 e. The van der Waals surface area contributed by atoms with Gasteiger partial charge in [-0.3, -0.25) is 9.59 Å². The summed E-state index contributed by atoms with van der Waals surface area (Å²) in [7, 11) is 0. The second-order valence-corrected chi connectivity index (χ2v) is 6.79. The van der Waals surface area contributed by atoms with Crippen LogP contribution in [0.4, 0.5) is 5.69 Å². The molecule has 1 aromatic heterocycles. The van der Waals surface area contributed by atoms with Gasteiger partial charge in [-0.05, 0) is 50.1 Å². The van der Waals surface area contributed by atoms with Crippen molar-refractivity contribution in [2.24, 2.45) is 0 Å². The van der Waals surface area contributed by atoms with Gasteiger partial charge in [0, 0.05) is 5.69 Å². The standard InChI is InChI=1S/C23H23N3O2/c1-15-12-13-19(16(2)14-15)26-23(28)21-11-7-10-20(25-21)22(27)24-17(3)18-8-5-4-6-9-18/h4-14,17H,1-3H3,(H,24,27)(H,26,28). The number of nitrogens with zero attached hydrogens (tertiary/aromatic N) is 1. The molecule has 0 aliphatic rings. The Morgan fingerprint density at radius 1 is 0.857 bits per heavy atom. The van der Waals surface area contributed by atoms with E-state index in [1.807, 2.05) is 69.3 Å². The van der Waals surface area contributed by atoms with Crippen LogP contribution < -0.4 is 10.6 Å². The van der Waals surface area contributed by atoms with Crippen molar-refractivity contribution >= 4 is 17.5 Å². The molecule has 3 rings (SSSR count). The smallest absolute Gasteiger partial charge is 0.274 e. The second-order valence-electron chi connectivity index (χ2n) is 6.79. The van der Waals surface area contributed by atoms with Gasteiger partial charge in [0.15, 0.2) is 0 Å². The van der Waals surface area contributed by atoms with Crippen molar-refractivity contribution in [1.82, 2.24) is 10.3 Å². The molecule has 28 heavy (non-hydrogen) atoms. The molecular formula is C23H23N3O2. The van der Waals surface area contributed by atoms with E-state index in [0.717, 1.165) is 22.4 Å². The van der Waals surface area contributed by atoms with E-state index in [9.17, 15) is 9.59 Å². The molecule has 5 nitrogen and oxygen atoms in total. The maximum absolute atomic E-state index is 12.6. The Balaban J connectivity index is 1.72. The van der Waals surface area contributed by atoms with E-state index in [4.69, 9.17) is 0 Å². The highest BCUT2D eigenvalue weighted by molar-refractivity contribution is 6.04. The van der Waals surface area contributed by atoms with Gasteiger partial charge < -0.3 is 10.6 Å². The number of benzene rings is 2. The Morgan fingerprint density at radius 3 is 2.21 bits per heavy atom. The zero-order chi connectivity index (χ0) is 20.1. The van der Waals surface area contributed by atoms with E-state index in [0.29, 0.717) is 0 Å². The largest absolute Gasteiger partial charge is 0.344 e. The summed E-state index contributed by atoms with van der Waals surface area (Å²) in [5.74, 6) is -0.671. The summed E-state index contributed by atoms with van der Waals surface area (Å²) in [6, 6.07) is 20.2. The molecular weight excluding hydrogens is 350 g/mol. The normalized spacial score (nSPS) is 11.5. The lowest BCUT2D eigenvalue weighted by Gasteiger charge is -2.14. The summed E-state index contributed by atoms with van der Waals surface area (Å²) < 4.78 is 0. The van der Waals surface area contributed by atoms with Crippen molar-refractivity contribution in [2.75, 3.05) is 5.32 Å². The van der Waals surface area contributed by atoms with E-state index >= 15 is 0 Å². The van der Waals surface area contributed by atoms with E-state index in [1.165, 1.54) is 0 Å². The molecule has 2 aromatic carbocycles. The van der Waals surface area contributed by atoms with Crippen LogP contribution in [0.2, 0.25) is 0 Å². The molecule has 2 N–H and O–H groups in total. The fraction of sp³-hybridized carbons (Fsp3) is 0.174. The molecule has 0 aliphatic carbocycles. The van der Waals surface area contributed by atoms with E-state index in [2.05, 4.69) is 15.6 Å². The fourth-order valence-corrected chi connectivity index (χ4v) is 2.92. The quantitative estimate of drug-likeness (QED) is 0.694. The summed E-state index contributed by atoms with van der Waals surface area (Å²) in [6.45, 7) is 5.84. The summed E-state index contributed by atoms with van der Waals surface area (Å²) in [5, 5.41) is 5.76. The number of aryl methyl sites for hydroxylation is 2. The minimum atomic E-state index is -0.349. The molecule has 0 fully saturated rings. The lowest BCUT2D eigenvalue weighted by atomic mass is 10.1. The summed E-state index contributed by atoms with van der Waals surface area (Å²) in [4.78, 5) is 29.4. The average molecular weight is 373 g/mol. The molecule has 142 valence electrons. The van der Waals surface area contributed by atoms with Crippen LogP contribution in [0.3, 0.4) is 0 Å². The van der Waals surface area contributed by atoms with Crippen molar-refractivity contribution < 1.29 is 9.59 Å². The van der Waals surface area contributed by atoms with Gasteiger partial charge in [0.05, 0.1) is 6.04 Å². The van der Waals surface area contributed by atoms with Crippen molar-refractivity contribution in [2.45, 2.75) is 26.8 Å². The van der Waals surface area contributed by atoms with Crippen LogP contribution in [0.15, 0.2) is 66.7 Å².